The molecule has 20 heavy (non-hydrogen) atoms. The number of benzene rings is 1. The number of rotatable bonds is 5. The zero-order chi connectivity index (χ0) is 15.5. The molecular formula is C11H15N3O5S. The number of carbonyl (C=O) groups is 1. The molecule has 0 bridgehead atoms. The van der Waals surface area contributed by atoms with Crippen molar-refractivity contribution in [3.05, 3.63) is 33.9 Å². The summed E-state index contributed by atoms with van der Waals surface area (Å²) in [6.07, 6.45) is 0. The fourth-order valence-corrected chi connectivity index (χ4v) is 2.46. The minimum absolute atomic E-state index is 0.165. The molecule has 0 radical (unpaired) electrons. The lowest BCUT2D eigenvalue weighted by Gasteiger charge is -2.19. The van der Waals surface area contributed by atoms with Crippen LogP contribution in [0.2, 0.25) is 0 Å². The highest BCUT2D eigenvalue weighted by Crippen LogP contribution is 2.22. The molecule has 0 heterocycles. The van der Waals surface area contributed by atoms with Gasteiger partial charge in [0.1, 0.15) is 4.90 Å². The van der Waals surface area contributed by atoms with Crippen molar-refractivity contribution >= 4 is 21.6 Å². The van der Waals surface area contributed by atoms with Crippen LogP contribution in [0.5, 0.6) is 0 Å². The highest BCUT2D eigenvalue weighted by atomic mass is 32.2. The molecule has 0 aromatic heterocycles. The largest absolute Gasteiger partial charge is 0.339 e. The maximum absolute atomic E-state index is 12.2. The van der Waals surface area contributed by atoms with E-state index >= 15 is 0 Å². The summed E-state index contributed by atoms with van der Waals surface area (Å²) < 4.78 is 23.0. The van der Waals surface area contributed by atoms with Gasteiger partial charge in [-0.2, -0.15) is 0 Å². The van der Waals surface area contributed by atoms with Crippen LogP contribution in [0.25, 0.3) is 0 Å². The predicted molar refractivity (Wildman–Crippen MR) is 71.7 cm³/mol. The number of hydrogen-bond donors (Lipinski definition) is 1. The van der Waals surface area contributed by atoms with Gasteiger partial charge in [-0.05, 0) is 19.9 Å². The second-order valence-corrected chi connectivity index (χ2v) is 5.49. The first-order valence-electron chi connectivity index (χ1n) is 5.82. The highest BCUT2D eigenvalue weighted by molar-refractivity contribution is 7.89. The standard InChI is InChI=1S/C11H15N3O5S/c1-3-13(4-2)11(15)9-6-5-8(14(16)17)7-10(9)20(12,18)19/h5-7H,3-4H2,1-2H3,(H2,12,18,19). The summed E-state index contributed by atoms with van der Waals surface area (Å²) in [4.78, 5) is 23.0. The van der Waals surface area contributed by atoms with E-state index in [1.165, 1.54) is 4.90 Å². The van der Waals surface area contributed by atoms with Crippen molar-refractivity contribution in [2.45, 2.75) is 18.7 Å². The molecule has 1 aromatic rings. The van der Waals surface area contributed by atoms with Crippen molar-refractivity contribution in [2.75, 3.05) is 13.1 Å². The molecule has 0 aliphatic heterocycles. The molecule has 0 atom stereocenters. The number of nitro groups is 1. The van der Waals surface area contributed by atoms with E-state index in [1.807, 2.05) is 0 Å². The first-order valence-corrected chi connectivity index (χ1v) is 7.37. The zero-order valence-corrected chi connectivity index (χ0v) is 11.9. The van der Waals surface area contributed by atoms with Gasteiger partial charge in [-0.15, -0.1) is 0 Å². The smallest absolute Gasteiger partial charge is 0.270 e. The van der Waals surface area contributed by atoms with Gasteiger partial charge >= 0.3 is 0 Å². The third-order valence-corrected chi connectivity index (χ3v) is 3.71. The minimum atomic E-state index is -4.24. The average molecular weight is 301 g/mol. The Morgan fingerprint density at radius 3 is 2.30 bits per heavy atom. The number of hydrogen-bond acceptors (Lipinski definition) is 5. The molecule has 2 N–H and O–H groups in total. The first kappa shape index (κ1) is 16.1. The maximum atomic E-state index is 12.2. The van der Waals surface area contributed by atoms with Crippen LogP contribution in [0.15, 0.2) is 23.1 Å². The van der Waals surface area contributed by atoms with E-state index in [-0.39, 0.29) is 5.56 Å². The van der Waals surface area contributed by atoms with Crippen LogP contribution in [0.1, 0.15) is 24.2 Å². The third kappa shape index (κ3) is 3.31. The van der Waals surface area contributed by atoms with Gasteiger partial charge in [-0.1, -0.05) is 0 Å². The Balaban J connectivity index is 3.48. The first-order chi connectivity index (χ1) is 9.22. The fraction of sp³-hybridized carbons (Fsp3) is 0.364. The minimum Gasteiger partial charge on any atom is -0.339 e. The Morgan fingerprint density at radius 2 is 1.90 bits per heavy atom. The second-order valence-electron chi connectivity index (χ2n) is 3.96. The number of primary sulfonamides is 1. The quantitative estimate of drug-likeness (QED) is 0.634. The van der Waals surface area contributed by atoms with E-state index in [4.69, 9.17) is 5.14 Å². The lowest BCUT2D eigenvalue weighted by molar-refractivity contribution is -0.385. The van der Waals surface area contributed by atoms with Crippen molar-refractivity contribution in [2.24, 2.45) is 5.14 Å². The van der Waals surface area contributed by atoms with Crippen molar-refractivity contribution < 1.29 is 18.1 Å². The monoisotopic (exact) mass is 301 g/mol. The lowest BCUT2D eigenvalue weighted by Crippen LogP contribution is -2.32. The van der Waals surface area contributed by atoms with Gasteiger partial charge in [-0.3, -0.25) is 14.9 Å². The van der Waals surface area contributed by atoms with Crippen molar-refractivity contribution in [3.63, 3.8) is 0 Å². The van der Waals surface area contributed by atoms with Crippen molar-refractivity contribution in [3.8, 4) is 0 Å². The van der Waals surface area contributed by atoms with Gasteiger partial charge in [0.05, 0.1) is 10.5 Å². The molecule has 0 fully saturated rings. The van der Waals surface area contributed by atoms with E-state index in [0.717, 1.165) is 18.2 Å². The SMILES string of the molecule is CCN(CC)C(=O)c1ccc([N+](=O)[O-])cc1S(N)(=O)=O. The molecule has 0 aliphatic rings. The van der Waals surface area contributed by atoms with Gasteiger partial charge in [0.15, 0.2) is 0 Å². The normalized spacial score (nSPS) is 11.2. The van der Waals surface area contributed by atoms with Crippen LogP contribution < -0.4 is 5.14 Å². The van der Waals surface area contributed by atoms with Crippen LogP contribution in [0.4, 0.5) is 5.69 Å². The Bertz CT molecular complexity index is 637. The Hall–Kier alpha value is -2.00. The van der Waals surface area contributed by atoms with E-state index in [2.05, 4.69) is 0 Å². The summed E-state index contributed by atoms with van der Waals surface area (Å²) in [6.45, 7) is 4.25. The summed E-state index contributed by atoms with van der Waals surface area (Å²) in [5.41, 5.74) is -0.605. The maximum Gasteiger partial charge on any atom is 0.270 e. The molecule has 0 saturated heterocycles. The van der Waals surface area contributed by atoms with E-state index < -0.39 is 31.4 Å². The average Bonchev–Trinajstić information content (AvgIpc) is 2.38. The van der Waals surface area contributed by atoms with Crippen LogP contribution in [-0.2, 0) is 10.0 Å². The third-order valence-electron chi connectivity index (χ3n) is 2.76. The topological polar surface area (TPSA) is 124 Å². The number of nitrogens with zero attached hydrogens (tertiary/aromatic N) is 2. The van der Waals surface area contributed by atoms with E-state index in [9.17, 15) is 23.3 Å². The summed E-state index contributed by atoms with van der Waals surface area (Å²) in [7, 11) is -4.24. The van der Waals surface area contributed by atoms with Crippen LogP contribution in [0, 0.1) is 10.1 Å². The molecule has 1 amide bonds. The number of carbonyl (C=O) groups excluding carboxylic acids is 1. The molecule has 0 unspecified atom stereocenters. The number of amides is 1. The number of nitrogens with two attached hydrogens (primary N) is 1. The molecular weight excluding hydrogens is 286 g/mol. The summed E-state index contributed by atoms with van der Waals surface area (Å²) in [6, 6.07) is 2.98. The van der Waals surface area contributed by atoms with E-state index in [0.29, 0.717) is 13.1 Å². The fourth-order valence-electron chi connectivity index (χ4n) is 1.72. The Kier molecular flexibility index (Phi) is 4.79. The van der Waals surface area contributed by atoms with Gasteiger partial charge in [-0.25, -0.2) is 13.6 Å². The summed E-state index contributed by atoms with van der Waals surface area (Å²) in [5.74, 6) is -0.533. The van der Waals surface area contributed by atoms with Gasteiger partial charge < -0.3 is 4.90 Å². The predicted octanol–water partition coefficient (Wildman–Crippen LogP) is 0.724. The number of sulfonamides is 1. The Labute approximate surface area is 116 Å². The second kappa shape index (κ2) is 5.97. The van der Waals surface area contributed by atoms with E-state index in [1.54, 1.807) is 13.8 Å². The van der Waals surface area contributed by atoms with Crippen LogP contribution in [-0.4, -0.2) is 37.2 Å². The molecule has 0 spiro atoms. The molecule has 0 aliphatic carbocycles. The molecule has 8 nitrogen and oxygen atoms in total. The molecule has 110 valence electrons. The van der Waals surface area contributed by atoms with Crippen molar-refractivity contribution in [1.29, 1.82) is 0 Å². The lowest BCUT2D eigenvalue weighted by atomic mass is 10.1. The van der Waals surface area contributed by atoms with Crippen molar-refractivity contribution in [1.82, 2.24) is 4.90 Å². The Morgan fingerprint density at radius 1 is 1.35 bits per heavy atom. The van der Waals surface area contributed by atoms with Crippen LogP contribution in [0.3, 0.4) is 0 Å². The summed E-state index contributed by atoms with van der Waals surface area (Å²) in [5, 5.41) is 15.7. The highest BCUT2D eigenvalue weighted by Gasteiger charge is 2.25. The zero-order valence-electron chi connectivity index (χ0n) is 11.1. The molecule has 9 heteroatoms. The van der Waals surface area contributed by atoms with Gasteiger partial charge in [0.2, 0.25) is 10.0 Å². The molecule has 0 saturated carbocycles. The number of non-ortho nitro benzene ring substituents is 1. The summed E-state index contributed by atoms with van der Waals surface area (Å²) >= 11 is 0. The van der Waals surface area contributed by atoms with Gasteiger partial charge in [0.25, 0.3) is 11.6 Å². The van der Waals surface area contributed by atoms with Gasteiger partial charge in [0, 0.05) is 25.2 Å². The number of nitro benzene ring substituents is 1. The molecule has 1 rings (SSSR count). The van der Waals surface area contributed by atoms with Crippen LogP contribution >= 0.6 is 0 Å². The molecule has 1 aromatic carbocycles.